The third kappa shape index (κ3) is 4.92. The fourth-order valence-corrected chi connectivity index (χ4v) is 3.93. The van der Waals surface area contributed by atoms with Crippen molar-refractivity contribution in [3.63, 3.8) is 0 Å². The summed E-state index contributed by atoms with van der Waals surface area (Å²) in [6, 6.07) is 15.6. The molecule has 3 rings (SSSR count). The van der Waals surface area contributed by atoms with Crippen molar-refractivity contribution in [1.82, 2.24) is 9.97 Å². The zero-order valence-corrected chi connectivity index (χ0v) is 16.9. The summed E-state index contributed by atoms with van der Waals surface area (Å²) in [5, 5.41) is 11.1. The number of halogens is 2. The Labute approximate surface area is 172 Å². The summed E-state index contributed by atoms with van der Waals surface area (Å²) in [4.78, 5) is 8.83. The van der Waals surface area contributed by atoms with E-state index in [9.17, 15) is 5.26 Å². The Morgan fingerprint density at radius 2 is 1.85 bits per heavy atom. The number of nitriles is 1. The van der Waals surface area contributed by atoms with Crippen LogP contribution in [0.25, 0.3) is 0 Å². The number of rotatable bonds is 5. The van der Waals surface area contributed by atoms with Crippen LogP contribution in [-0.4, -0.2) is 9.97 Å². The van der Waals surface area contributed by atoms with Crippen molar-refractivity contribution < 1.29 is 0 Å². The van der Waals surface area contributed by atoms with Crippen molar-refractivity contribution in [3.8, 4) is 6.07 Å². The Morgan fingerprint density at radius 3 is 2.52 bits per heavy atom. The molecule has 0 saturated heterocycles. The van der Waals surface area contributed by atoms with Crippen LogP contribution in [0.3, 0.4) is 0 Å². The highest BCUT2D eigenvalue weighted by Gasteiger charge is 2.14. The molecule has 0 amide bonds. The topological polar surface area (TPSA) is 75.6 Å². The minimum absolute atomic E-state index is 0.194. The maximum absolute atomic E-state index is 9.44. The lowest BCUT2D eigenvalue weighted by atomic mass is 10.0. The first-order valence-electron chi connectivity index (χ1n) is 8.15. The Kier molecular flexibility index (Phi) is 6.22. The molecule has 0 spiro atoms. The molecule has 0 unspecified atom stereocenters. The number of aromatic nitrogens is 2. The van der Waals surface area contributed by atoms with E-state index in [1.165, 1.54) is 17.3 Å². The molecule has 0 atom stereocenters. The van der Waals surface area contributed by atoms with Gasteiger partial charge in [0, 0.05) is 22.2 Å². The predicted molar refractivity (Wildman–Crippen MR) is 111 cm³/mol. The van der Waals surface area contributed by atoms with Crippen LogP contribution in [0.1, 0.15) is 27.9 Å². The van der Waals surface area contributed by atoms with Gasteiger partial charge in [0.05, 0.1) is 5.69 Å². The van der Waals surface area contributed by atoms with Crippen molar-refractivity contribution in [1.29, 1.82) is 5.26 Å². The molecule has 0 bridgehead atoms. The molecule has 1 aromatic heterocycles. The van der Waals surface area contributed by atoms with Crippen LogP contribution in [0, 0.1) is 18.3 Å². The van der Waals surface area contributed by atoms with Crippen molar-refractivity contribution in [2.24, 2.45) is 0 Å². The van der Waals surface area contributed by atoms with Gasteiger partial charge in [0.2, 0.25) is 0 Å². The molecular weight excluding hydrogens is 399 g/mol. The number of thioether (sulfide) groups is 1. The highest BCUT2D eigenvalue weighted by molar-refractivity contribution is 7.98. The van der Waals surface area contributed by atoms with Crippen LogP contribution in [0.4, 0.5) is 5.82 Å². The first kappa shape index (κ1) is 19.5. The van der Waals surface area contributed by atoms with E-state index in [1.807, 2.05) is 37.3 Å². The number of hydrogen-bond donors (Lipinski definition) is 1. The van der Waals surface area contributed by atoms with Crippen molar-refractivity contribution in [2.75, 3.05) is 5.73 Å². The minimum atomic E-state index is 0.194. The molecule has 136 valence electrons. The third-order valence-electron chi connectivity index (χ3n) is 3.97. The molecule has 1 heterocycles. The van der Waals surface area contributed by atoms with E-state index in [2.05, 4.69) is 16.0 Å². The van der Waals surface area contributed by atoms with Crippen LogP contribution >= 0.6 is 35.0 Å². The van der Waals surface area contributed by atoms with Gasteiger partial charge in [-0.3, -0.25) is 0 Å². The number of aryl methyl sites for hydroxylation is 1. The van der Waals surface area contributed by atoms with Gasteiger partial charge in [-0.2, -0.15) is 5.26 Å². The van der Waals surface area contributed by atoms with Gasteiger partial charge in [0.25, 0.3) is 0 Å². The monoisotopic (exact) mass is 414 g/mol. The second-order valence-corrected chi connectivity index (χ2v) is 7.80. The zero-order chi connectivity index (χ0) is 19.4. The van der Waals surface area contributed by atoms with Crippen LogP contribution in [-0.2, 0) is 12.2 Å². The van der Waals surface area contributed by atoms with E-state index in [0.717, 1.165) is 11.1 Å². The number of nitrogens with zero attached hydrogens (tertiary/aromatic N) is 3. The van der Waals surface area contributed by atoms with E-state index in [1.54, 1.807) is 12.1 Å². The molecule has 0 radical (unpaired) electrons. The average Bonchev–Trinajstić information content (AvgIpc) is 2.63. The molecule has 27 heavy (non-hydrogen) atoms. The van der Waals surface area contributed by atoms with Crippen molar-refractivity contribution >= 4 is 40.8 Å². The van der Waals surface area contributed by atoms with Crippen LogP contribution in [0.15, 0.2) is 47.6 Å². The van der Waals surface area contributed by atoms with E-state index in [0.29, 0.717) is 38.6 Å². The summed E-state index contributed by atoms with van der Waals surface area (Å²) < 4.78 is 0. The minimum Gasteiger partial charge on any atom is -0.382 e. The molecule has 0 saturated carbocycles. The highest BCUT2D eigenvalue weighted by Crippen LogP contribution is 2.28. The second kappa shape index (κ2) is 8.62. The first-order chi connectivity index (χ1) is 13.0. The van der Waals surface area contributed by atoms with Crippen molar-refractivity contribution in [3.05, 3.63) is 80.5 Å². The first-order valence-corrected chi connectivity index (χ1v) is 9.89. The lowest BCUT2D eigenvalue weighted by Crippen LogP contribution is -2.06. The average molecular weight is 415 g/mol. The fraction of sp³-hybridized carbons (Fsp3) is 0.150. The van der Waals surface area contributed by atoms with Crippen LogP contribution in [0.5, 0.6) is 0 Å². The zero-order valence-electron chi connectivity index (χ0n) is 14.5. The molecule has 2 aromatic carbocycles. The van der Waals surface area contributed by atoms with Gasteiger partial charge in [-0.1, -0.05) is 70.9 Å². The smallest absolute Gasteiger partial charge is 0.190 e. The van der Waals surface area contributed by atoms with E-state index in [-0.39, 0.29) is 5.82 Å². The number of nitrogens with two attached hydrogens (primary N) is 1. The normalized spacial score (nSPS) is 10.6. The van der Waals surface area contributed by atoms with Gasteiger partial charge < -0.3 is 5.73 Å². The quantitative estimate of drug-likeness (QED) is 0.444. The molecule has 0 aliphatic rings. The SMILES string of the molecule is Cc1ccc(Cc2nc(SCc3ccc(Cl)cc3Cl)nc(N)c2C#N)cc1. The third-order valence-corrected chi connectivity index (χ3v) is 5.45. The van der Waals surface area contributed by atoms with Crippen LogP contribution < -0.4 is 5.73 Å². The lowest BCUT2D eigenvalue weighted by molar-refractivity contribution is 0.901. The summed E-state index contributed by atoms with van der Waals surface area (Å²) in [6.45, 7) is 2.03. The summed E-state index contributed by atoms with van der Waals surface area (Å²) in [5.74, 6) is 0.769. The maximum Gasteiger partial charge on any atom is 0.190 e. The summed E-state index contributed by atoms with van der Waals surface area (Å²) in [6.07, 6.45) is 0.519. The largest absolute Gasteiger partial charge is 0.382 e. The molecular formula is C20H16Cl2N4S. The second-order valence-electron chi connectivity index (χ2n) is 6.01. The molecule has 2 N–H and O–H groups in total. The van der Waals surface area contributed by atoms with Gasteiger partial charge in [-0.15, -0.1) is 0 Å². The predicted octanol–water partition coefficient (Wildman–Crippen LogP) is 5.43. The molecule has 3 aromatic rings. The molecule has 0 aliphatic heterocycles. The Hall–Kier alpha value is -2.26. The Bertz CT molecular complexity index is 1010. The van der Waals surface area contributed by atoms with E-state index in [4.69, 9.17) is 28.9 Å². The van der Waals surface area contributed by atoms with Crippen LogP contribution in [0.2, 0.25) is 10.0 Å². The Morgan fingerprint density at radius 1 is 1.11 bits per heavy atom. The van der Waals surface area contributed by atoms with Crippen molar-refractivity contribution in [2.45, 2.75) is 24.3 Å². The fourth-order valence-electron chi connectivity index (χ4n) is 2.50. The van der Waals surface area contributed by atoms with Gasteiger partial charge in [0.15, 0.2) is 5.16 Å². The molecule has 0 fully saturated rings. The van der Waals surface area contributed by atoms with E-state index >= 15 is 0 Å². The van der Waals surface area contributed by atoms with Gasteiger partial charge in [-0.25, -0.2) is 9.97 Å². The summed E-state index contributed by atoms with van der Waals surface area (Å²) in [5.41, 5.74) is 10.1. The highest BCUT2D eigenvalue weighted by atomic mass is 35.5. The number of anilines is 1. The molecule has 4 nitrogen and oxygen atoms in total. The summed E-state index contributed by atoms with van der Waals surface area (Å²) >= 11 is 13.6. The maximum atomic E-state index is 9.44. The van der Waals surface area contributed by atoms with Gasteiger partial charge >= 0.3 is 0 Å². The molecule has 7 heteroatoms. The number of benzene rings is 2. The molecule has 0 aliphatic carbocycles. The van der Waals surface area contributed by atoms with Gasteiger partial charge in [-0.05, 0) is 30.2 Å². The standard InChI is InChI=1S/C20H16Cl2N4S/c1-12-2-4-13(5-3-12)8-18-16(10-23)19(24)26-20(25-18)27-11-14-6-7-15(21)9-17(14)22/h2-7,9H,8,11H2,1H3,(H2,24,25,26). The number of hydrogen-bond acceptors (Lipinski definition) is 5. The van der Waals surface area contributed by atoms with E-state index < -0.39 is 0 Å². The number of nitrogen functional groups attached to an aromatic ring is 1. The van der Waals surface area contributed by atoms with Gasteiger partial charge in [0.1, 0.15) is 17.5 Å². The summed E-state index contributed by atoms with van der Waals surface area (Å²) in [7, 11) is 0. The Balaban J connectivity index is 1.85. The lowest BCUT2D eigenvalue weighted by Gasteiger charge is -2.09.